The lowest BCUT2D eigenvalue weighted by Crippen LogP contribution is -2.46. The highest BCUT2D eigenvalue weighted by molar-refractivity contribution is 9.10. The van der Waals surface area contributed by atoms with Gasteiger partial charge in [0.15, 0.2) is 11.9 Å². The third-order valence-electron chi connectivity index (χ3n) is 5.37. The molecule has 29 heavy (non-hydrogen) atoms. The molecule has 2 heterocycles. The Kier molecular flexibility index (Phi) is 7.08. The Morgan fingerprint density at radius 3 is 2.31 bits per heavy atom. The molecular formula is C21H30BrClN2O4. The molecule has 0 spiro atoms. The lowest BCUT2D eigenvalue weighted by Gasteiger charge is -2.43. The Labute approximate surface area is 186 Å². The van der Waals surface area contributed by atoms with Crippen molar-refractivity contribution in [2.24, 2.45) is 5.41 Å². The van der Waals surface area contributed by atoms with Crippen molar-refractivity contribution in [3.63, 3.8) is 0 Å². The second kappa shape index (κ2) is 8.52. The number of carbonyl (C=O) groups is 2. The molecule has 1 atom stereocenters. The summed E-state index contributed by atoms with van der Waals surface area (Å²) in [5.74, 6) is -1.14. The molecule has 0 aromatic carbocycles. The van der Waals surface area contributed by atoms with Crippen LogP contribution in [0.15, 0.2) is 4.47 Å². The van der Waals surface area contributed by atoms with Gasteiger partial charge in [-0.3, -0.25) is 4.79 Å². The molecule has 1 aliphatic rings. The van der Waals surface area contributed by atoms with Gasteiger partial charge in [0, 0.05) is 13.1 Å². The summed E-state index contributed by atoms with van der Waals surface area (Å²) in [5.41, 5.74) is -1.23. The molecule has 0 saturated carbocycles. The van der Waals surface area contributed by atoms with E-state index in [1.165, 1.54) is 0 Å². The zero-order chi connectivity index (χ0) is 22.2. The second-order valence-corrected chi connectivity index (χ2v) is 10.4. The Hall–Kier alpha value is -1.18. The van der Waals surface area contributed by atoms with E-state index in [0.717, 1.165) is 12.8 Å². The molecule has 1 saturated heterocycles. The van der Waals surface area contributed by atoms with Gasteiger partial charge in [-0.2, -0.15) is 0 Å². The number of pyridine rings is 1. The molecule has 1 aromatic heterocycles. The van der Waals surface area contributed by atoms with Gasteiger partial charge in [-0.15, -0.1) is 0 Å². The van der Waals surface area contributed by atoms with Gasteiger partial charge in [0.25, 0.3) is 0 Å². The Morgan fingerprint density at radius 2 is 1.90 bits per heavy atom. The molecule has 1 aliphatic heterocycles. The zero-order valence-electron chi connectivity index (χ0n) is 17.9. The van der Waals surface area contributed by atoms with Crippen LogP contribution in [0.25, 0.3) is 0 Å². The molecule has 8 heteroatoms. The van der Waals surface area contributed by atoms with E-state index in [1.54, 1.807) is 27.7 Å². The van der Waals surface area contributed by atoms with Gasteiger partial charge in [0.2, 0.25) is 0 Å². The quantitative estimate of drug-likeness (QED) is 0.423. The van der Waals surface area contributed by atoms with E-state index in [-0.39, 0.29) is 22.7 Å². The van der Waals surface area contributed by atoms with Gasteiger partial charge >= 0.3 is 5.97 Å². The van der Waals surface area contributed by atoms with Crippen LogP contribution in [0.3, 0.4) is 0 Å². The highest BCUT2D eigenvalue weighted by atomic mass is 79.9. The number of piperidine rings is 1. The molecule has 0 amide bonds. The molecule has 1 unspecified atom stereocenters. The number of aromatic nitrogens is 1. The van der Waals surface area contributed by atoms with Gasteiger partial charge in [-0.25, -0.2) is 9.78 Å². The van der Waals surface area contributed by atoms with Crippen LogP contribution in [0.5, 0.6) is 0 Å². The molecule has 1 N–H and O–H groups in total. The highest BCUT2D eigenvalue weighted by Crippen LogP contribution is 2.48. The number of halogens is 2. The standard InChI is InChI=1S/C21H30BrClN2O4/c1-7-21(18(27)28,29-19(2,3)4)14-16(15(22)13(12-26)24-17(14)23)25-10-8-20(5,6)9-11-25/h12H,7-11H2,1-6H3,(H,27,28). The van der Waals surface area contributed by atoms with Crippen molar-refractivity contribution in [1.29, 1.82) is 0 Å². The molecule has 6 nitrogen and oxygen atoms in total. The summed E-state index contributed by atoms with van der Waals surface area (Å²) in [4.78, 5) is 30.4. The third kappa shape index (κ3) is 4.94. The number of carboxylic acid groups (broad SMARTS) is 1. The summed E-state index contributed by atoms with van der Waals surface area (Å²) in [6, 6.07) is 0. The fourth-order valence-electron chi connectivity index (χ4n) is 3.73. The highest BCUT2D eigenvalue weighted by Gasteiger charge is 2.48. The van der Waals surface area contributed by atoms with Crippen molar-refractivity contribution in [2.45, 2.75) is 72.0 Å². The number of carbonyl (C=O) groups excluding carboxylic acids is 1. The van der Waals surface area contributed by atoms with E-state index in [2.05, 4.69) is 39.7 Å². The van der Waals surface area contributed by atoms with Gasteiger partial charge in [0.1, 0.15) is 10.8 Å². The molecule has 2 rings (SSSR count). The van der Waals surface area contributed by atoms with E-state index >= 15 is 0 Å². The normalized spacial score (nSPS) is 19.0. The lowest BCUT2D eigenvalue weighted by molar-refractivity contribution is -0.188. The second-order valence-electron chi connectivity index (χ2n) is 9.29. The predicted molar refractivity (Wildman–Crippen MR) is 118 cm³/mol. The van der Waals surface area contributed by atoms with Crippen LogP contribution in [0.1, 0.15) is 76.9 Å². The predicted octanol–water partition coefficient (Wildman–Crippen LogP) is 5.44. The maximum absolute atomic E-state index is 12.6. The van der Waals surface area contributed by atoms with Crippen molar-refractivity contribution in [1.82, 2.24) is 4.98 Å². The monoisotopic (exact) mass is 488 g/mol. The smallest absolute Gasteiger partial charge is 0.340 e. The summed E-state index contributed by atoms with van der Waals surface area (Å²) in [6.45, 7) is 13.0. The van der Waals surface area contributed by atoms with Crippen LogP contribution < -0.4 is 4.90 Å². The SMILES string of the molecule is CCC(OC(C)(C)C)(C(=O)O)c1c(Cl)nc(C=O)c(Br)c1N1CCC(C)(C)CC1. The number of ether oxygens (including phenoxy) is 1. The number of rotatable bonds is 6. The molecule has 0 bridgehead atoms. The molecule has 162 valence electrons. The Bertz CT molecular complexity index is 797. The number of nitrogens with zero attached hydrogens (tertiary/aromatic N) is 2. The lowest BCUT2D eigenvalue weighted by atomic mass is 9.81. The number of hydrogen-bond donors (Lipinski definition) is 1. The number of carboxylic acids is 1. The third-order valence-corrected chi connectivity index (χ3v) is 6.42. The van der Waals surface area contributed by atoms with Crippen molar-refractivity contribution in [2.75, 3.05) is 18.0 Å². The molecule has 0 aliphatic carbocycles. The maximum atomic E-state index is 12.6. The first kappa shape index (κ1) is 24.1. The van der Waals surface area contributed by atoms with Gasteiger partial charge in [-0.1, -0.05) is 32.4 Å². The molecule has 0 radical (unpaired) electrons. The summed E-state index contributed by atoms with van der Waals surface area (Å²) in [5, 5.41) is 10.2. The van der Waals surface area contributed by atoms with Crippen molar-refractivity contribution in [3.05, 3.63) is 20.9 Å². The van der Waals surface area contributed by atoms with Crippen LogP contribution >= 0.6 is 27.5 Å². The average molecular weight is 490 g/mol. The van der Waals surface area contributed by atoms with Gasteiger partial charge in [0.05, 0.1) is 21.3 Å². The first-order chi connectivity index (χ1) is 13.3. The minimum Gasteiger partial charge on any atom is -0.479 e. The summed E-state index contributed by atoms with van der Waals surface area (Å²) >= 11 is 10.0. The summed E-state index contributed by atoms with van der Waals surface area (Å²) in [7, 11) is 0. The number of anilines is 1. The van der Waals surface area contributed by atoms with Crippen LogP contribution in [0.4, 0.5) is 5.69 Å². The van der Waals surface area contributed by atoms with Crippen LogP contribution in [0, 0.1) is 5.41 Å². The van der Waals surface area contributed by atoms with E-state index in [0.29, 0.717) is 35.1 Å². The van der Waals surface area contributed by atoms with Crippen LogP contribution in [-0.2, 0) is 15.1 Å². The average Bonchev–Trinajstić information content (AvgIpc) is 2.60. The summed E-state index contributed by atoms with van der Waals surface area (Å²) < 4.78 is 6.59. The van der Waals surface area contributed by atoms with E-state index in [1.807, 2.05) is 0 Å². The Balaban J connectivity index is 2.80. The number of hydrogen-bond acceptors (Lipinski definition) is 5. The number of aliphatic carboxylic acids is 1. The van der Waals surface area contributed by atoms with Crippen LogP contribution in [-0.4, -0.2) is 41.0 Å². The summed E-state index contributed by atoms with van der Waals surface area (Å²) in [6.07, 6.45) is 2.64. The topological polar surface area (TPSA) is 79.7 Å². The van der Waals surface area contributed by atoms with Crippen molar-refractivity contribution >= 4 is 45.5 Å². The first-order valence-electron chi connectivity index (χ1n) is 9.81. The number of aldehydes is 1. The fourth-order valence-corrected chi connectivity index (χ4v) is 4.70. The Morgan fingerprint density at radius 1 is 1.34 bits per heavy atom. The molecule has 1 aromatic rings. The maximum Gasteiger partial charge on any atom is 0.340 e. The fraction of sp³-hybridized carbons (Fsp3) is 0.667. The molecule has 1 fully saturated rings. The first-order valence-corrected chi connectivity index (χ1v) is 11.0. The van der Waals surface area contributed by atoms with E-state index in [9.17, 15) is 14.7 Å². The van der Waals surface area contributed by atoms with Crippen molar-refractivity contribution in [3.8, 4) is 0 Å². The minimum absolute atomic E-state index is 0.0244. The van der Waals surface area contributed by atoms with E-state index < -0.39 is 17.2 Å². The molecular weight excluding hydrogens is 460 g/mol. The zero-order valence-corrected chi connectivity index (χ0v) is 20.3. The van der Waals surface area contributed by atoms with Crippen LogP contribution in [0.2, 0.25) is 5.15 Å². The van der Waals surface area contributed by atoms with Crippen molar-refractivity contribution < 1.29 is 19.4 Å². The van der Waals surface area contributed by atoms with E-state index in [4.69, 9.17) is 16.3 Å². The minimum atomic E-state index is -1.70. The van der Waals surface area contributed by atoms with Gasteiger partial charge < -0.3 is 14.7 Å². The largest absolute Gasteiger partial charge is 0.479 e. The van der Waals surface area contributed by atoms with Gasteiger partial charge in [-0.05, 0) is 61.4 Å².